The van der Waals surface area contributed by atoms with E-state index in [2.05, 4.69) is 19.2 Å². The molecule has 3 nitrogen and oxygen atoms in total. The maximum Gasteiger partial charge on any atom is 0.306 e. The molecule has 1 aliphatic carbocycles. The molecule has 0 aromatic carbocycles. The number of carboxylic acid groups (broad SMARTS) is 1. The largest absolute Gasteiger partial charge is 0.481 e. The Bertz CT molecular complexity index is 204. The average Bonchev–Trinajstić information content (AvgIpc) is 2.60. The average molecular weight is 213 g/mol. The van der Waals surface area contributed by atoms with E-state index in [0.717, 1.165) is 38.3 Å². The van der Waals surface area contributed by atoms with Gasteiger partial charge in [0.1, 0.15) is 0 Å². The Morgan fingerprint density at radius 1 is 1.47 bits per heavy atom. The summed E-state index contributed by atoms with van der Waals surface area (Å²) in [5, 5.41) is 12.4. The molecule has 15 heavy (non-hydrogen) atoms. The van der Waals surface area contributed by atoms with Gasteiger partial charge in [-0.15, -0.1) is 0 Å². The lowest BCUT2D eigenvalue weighted by atomic mass is 9.96. The minimum absolute atomic E-state index is 0.100. The second kappa shape index (κ2) is 6.11. The summed E-state index contributed by atoms with van der Waals surface area (Å²) in [5.74, 6) is 0.366. The molecule has 0 saturated heterocycles. The fraction of sp³-hybridized carbons (Fsp3) is 0.917. The Morgan fingerprint density at radius 3 is 2.80 bits per heavy atom. The van der Waals surface area contributed by atoms with Gasteiger partial charge in [-0.25, -0.2) is 0 Å². The first kappa shape index (κ1) is 12.5. The van der Waals surface area contributed by atoms with Crippen LogP contribution in [0.2, 0.25) is 0 Å². The Morgan fingerprint density at radius 2 is 2.20 bits per heavy atom. The van der Waals surface area contributed by atoms with Crippen LogP contribution in [0, 0.1) is 17.8 Å². The Hall–Kier alpha value is -0.570. The third-order valence-electron chi connectivity index (χ3n) is 3.28. The quantitative estimate of drug-likeness (QED) is 0.664. The molecule has 0 bridgehead atoms. The van der Waals surface area contributed by atoms with Crippen molar-refractivity contribution in [3.63, 3.8) is 0 Å². The van der Waals surface area contributed by atoms with E-state index in [1.165, 1.54) is 6.42 Å². The van der Waals surface area contributed by atoms with E-state index in [4.69, 9.17) is 5.11 Å². The molecule has 0 radical (unpaired) electrons. The van der Waals surface area contributed by atoms with Crippen molar-refractivity contribution in [2.45, 2.75) is 39.5 Å². The molecule has 0 amide bonds. The first-order valence-corrected chi connectivity index (χ1v) is 6.04. The van der Waals surface area contributed by atoms with Crippen molar-refractivity contribution in [2.24, 2.45) is 17.8 Å². The van der Waals surface area contributed by atoms with Crippen molar-refractivity contribution in [1.29, 1.82) is 0 Å². The topological polar surface area (TPSA) is 49.3 Å². The van der Waals surface area contributed by atoms with E-state index in [1.807, 2.05) is 0 Å². The minimum atomic E-state index is -0.608. The van der Waals surface area contributed by atoms with Gasteiger partial charge in [0.15, 0.2) is 0 Å². The molecular weight excluding hydrogens is 190 g/mol. The normalized spacial score (nSPS) is 26.1. The number of nitrogens with one attached hydrogen (secondary N) is 1. The fourth-order valence-corrected chi connectivity index (χ4v) is 2.28. The molecule has 0 heterocycles. The van der Waals surface area contributed by atoms with Gasteiger partial charge in [-0.3, -0.25) is 4.79 Å². The second-order valence-electron chi connectivity index (χ2n) is 5.02. The summed E-state index contributed by atoms with van der Waals surface area (Å²) in [5.41, 5.74) is 0. The van der Waals surface area contributed by atoms with Gasteiger partial charge in [-0.2, -0.15) is 0 Å². The van der Waals surface area contributed by atoms with E-state index < -0.39 is 5.97 Å². The summed E-state index contributed by atoms with van der Waals surface area (Å²) in [7, 11) is 0. The van der Waals surface area contributed by atoms with E-state index in [9.17, 15) is 4.79 Å². The zero-order valence-electron chi connectivity index (χ0n) is 9.83. The summed E-state index contributed by atoms with van der Waals surface area (Å²) >= 11 is 0. The highest BCUT2D eigenvalue weighted by molar-refractivity contribution is 5.70. The number of carboxylic acids is 1. The molecule has 2 N–H and O–H groups in total. The van der Waals surface area contributed by atoms with Crippen molar-refractivity contribution in [2.75, 3.05) is 13.1 Å². The van der Waals surface area contributed by atoms with Crippen molar-refractivity contribution in [3.05, 3.63) is 0 Å². The highest BCUT2D eigenvalue weighted by Crippen LogP contribution is 2.31. The molecule has 0 spiro atoms. The van der Waals surface area contributed by atoms with Crippen LogP contribution in [-0.4, -0.2) is 24.2 Å². The Labute approximate surface area is 92.3 Å². The summed E-state index contributed by atoms with van der Waals surface area (Å²) in [4.78, 5) is 10.9. The minimum Gasteiger partial charge on any atom is -0.481 e. The van der Waals surface area contributed by atoms with Gasteiger partial charge >= 0.3 is 5.97 Å². The predicted octanol–water partition coefficient (Wildman–Crippen LogP) is 2.12. The summed E-state index contributed by atoms with van der Waals surface area (Å²) in [6, 6.07) is 0. The third kappa shape index (κ3) is 4.20. The lowest BCUT2D eigenvalue weighted by Crippen LogP contribution is -2.29. The highest BCUT2D eigenvalue weighted by Gasteiger charge is 2.32. The summed E-state index contributed by atoms with van der Waals surface area (Å²) in [6.45, 7) is 6.30. The Balaban J connectivity index is 2.17. The zero-order chi connectivity index (χ0) is 11.3. The van der Waals surface area contributed by atoms with Gasteiger partial charge < -0.3 is 10.4 Å². The lowest BCUT2D eigenvalue weighted by Gasteiger charge is -2.16. The van der Waals surface area contributed by atoms with Crippen LogP contribution in [-0.2, 0) is 4.79 Å². The van der Waals surface area contributed by atoms with Gasteiger partial charge in [0.05, 0.1) is 5.92 Å². The summed E-state index contributed by atoms with van der Waals surface area (Å²) < 4.78 is 0. The molecule has 0 aromatic rings. The molecule has 1 saturated carbocycles. The van der Waals surface area contributed by atoms with Gasteiger partial charge in [-0.1, -0.05) is 20.3 Å². The van der Waals surface area contributed by atoms with Crippen molar-refractivity contribution in [1.82, 2.24) is 5.32 Å². The van der Waals surface area contributed by atoms with Crippen LogP contribution in [0.4, 0.5) is 0 Å². The van der Waals surface area contributed by atoms with Crippen LogP contribution in [0.25, 0.3) is 0 Å². The highest BCUT2D eigenvalue weighted by atomic mass is 16.4. The number of hydrogen-bond donors (Lipinski definition) is 2. The smallest absolute Gasteiger partial charge is 0.306 e. The van der Waals surface area contributed by atoms with E-state index in [-0.39, 0.29) is 5.92 Å². The molecular formula is C12H23NO2. The van der Waals surface area contributed by atoms with Crippen LogP contribution in [0.1, 0.15) is 39.5 Å². The summed E-state index contributed by atoms with van der Waals surface area (Å²) in [6.07, 6.45) is 4.19. The molecule has 0 aromatic heterocycles. The third-order valence-corrected chi connectivity index (χ3v) is 3.28. The fourth-order valence-electron chi connectivity index (χ4n) is 2.28. The zero-order valence-corrected chi connectivity index (χ0v) is 9.83. The number of hydrogen-bond acceptors (Lipinski definition) is 2. The lowest BCUT2D eigenvalue weighted by molar-refractivity contribution is -0.142. The van der Waals surface area contributed by atoms with Crippen molar-refractivity contribution in [3.8, 4) is 0 Å². The molecule has 3 heteroatoms. The van der Waals surface area contributed by atoms with Gasteiger partial charge in [-0.05, 0) is 44.2 Å². The van der Waals surface area contributed by atoms with E-state index in [1.54, 1.807) is 0 Å². The monoisotopic (exact) mass is 213 g/mol. The molecule has 1 rings (SSSR count). The molecule has 1 aliphatic rings. The molecule has 0 aliphatic heterocycles. The van der Waals surface area contributed by atoms with Crippen molar-refractivity contribution < 1.29 is 9.90 Å². The standard InChI is InChI=1S/C12H23NO2/c1-9(2)6-7-13-8-10-4-3-5-11(10)12(14)15/h9-11,13H,3-8H2,1-2H3,(H,14,15). The SMILES string of the molecule is CC(C)CCNCC1CCCC1C(=O)O. The van der Waals surface area contributed by atoms with Gasteiger partial charge in [0.2, 0.25) is 0 Å². The maximum atomic E-state index is 10.9. The van der Waals surface area contributed by atoms with Gasteiger partial charge in [0.25, 0.3) is 0 Å². The van der Waals surface area contributed by atoms with E-state index >= 15 is 0 Å². The van der Waals surface area contributed by atoms with E-state index in [0.29, 0.717) is 5.92 Å². The molecule has 2 atom stereocenters. The number of aliphatic carboxylic acids is 1. The number of carbonyl (C=O) groups is 1. The van der Waals surface area contributed by atoms with Crippen LogP contribution in [0.15, 0.2) is 0 Å². The van der Waals surface area contributed by atoms with Crippen LogP contribution < -0.4 is 5.32 Å². The van der Waals surface area contributed by atoms with Gasteiger partial charge in [0, 0.05) is 0 Å². The van der Waals surface area contributed by atoms with Crippen LogP contribution in [0.3, 0.4) is 0 Å². The van der Waals surface area contributed by atoms with Crippen LogP contribution in [0.5, 0.6) is 0 Å². The van der Waals surface area contributed by atoms with Crippen LogP contribution >= 0.6 is 0 Å². The maximum absolute atomic E-state index is 10.9. The first-order chi connectivity index (χ1) is 7.11. The number of rotatable bonds is 6. The first-order valence-electron chi connectivity index (χ1n) is 6.04. The second-order valence-corrected chi connectivity index (χ2v) is 5.02. The van der Waals surface area contributed by atoms with Crippen molar-refractivity contribution >= 4 is 5.97 Å². The molecule has 88 valence electrons. The Kier molecular flexibility index (Phi) is 5.09. The molecule has 1 fully saturated rings. The molecule has 2 unspecified atom stereocenters. The predicted molar refractivity (Wildman–Crippen MR) is 60.8 cm³/mol.